The molecule has 4 heteroatoms. The molecule has 0 aromatic heterocycles. The normalized spacial score (nSPS) is 16.7. The highest BCUT2D eigenvalue weighted by Crippen LogP contribution is 2.31. The van der Waals surface area contributed by atoms with Gasteiger partial charge in [0.15, 0.2) is 0 Å². The molecule has 0 aliphatic carbocycles. The number of likely N-dealkylation sites (tertiary alicyclic amines) is 1. The van der Waals surface area contributed by atoms with Crippen molar-refractivity contribution in [3.05, 3.63) is 69.4 Å². The van der Waals surface area contributed by atoms with Crippen molar-refractivity contribution < 1.29 is 9.50 Å². The summed E-state index contributed by atoms with van der Waals surface area (Å²) in [5.74, 6) is 0.311. The number of piperidine rings is 1. The molecule has 2 aromatic carbocycles. The second-order valence-corrected chi connectivity index (χ2v) is 7.00. The van der Waals surface area contributed by atoms with Gasteiger partial charge in [-0.3, -0.25) is 4.90 Å². The Labute approximate surface area is 145 Å². The number of nitrogens with zero attached hydrogens (tertiary/aromatic N) is 1. The molecule has 0 amide bonds. The van der Waals surface area contributed by atoms with Crippen molar-refractivity contribution in [3.8, 4) is 0 Å². The molecule has 0 saturated carbocycles. The van der Waals surface area contributed by atoms with Crippen molar-refractivity contribution >= 4 is 15.9 Å². The van der Waals surface area contributed by atoms with E-state index in [0.29, 0.717) is 5.92 Å². The average Bonchev–Trinajstić information content (AvgIpc) is 2.58. The number of aliphatic hydroxyl groups excluding tert-OH is 1. The lowest BCUT2D eigenvalue weighted by Gasteiger charge is -2.33. The molecule has 0 spiro atoms. The van der Waals surface area contributed by atoms with Gasteiger partial charge in [-0.1, -0.05) is 46.3 Å². The zero-order valence-electron chi connectivity index (χ0n) is 13.0. The van der Waals surface area contributed by atoms with Gasteiger partial charge in [0.1, 0.15) is 5.82 Å². The van der Waals surface area contributed by atoms with Gasteiger partial charge in [0.25, 0.3) is 0 Å². The van der Waals surface area contributed by atoms with Crippen LogP contribution in [0.5, 0.6) is 0 Å². The van der Waals surface area contributed by atoms with E-state index in [1.54, 1.807) is 0 Å². The number of aliphatic hydroxyl groups is 1. The molecular weight excluding hydrogens is 357 g/mol. The van der Waals surface area contributed by atoms with E-state index in [1.165, 1.54) is 17.7 Å². The standard InChI is InChI=1S/C19H21BrFNO/c20-19-11-17(21)6-5-15(19)12-22-9-7-14(8-10-22)18-4-2-1-3-16(18)13-23/h1-6,11,14,23H,7-10,12-13H2. The lowest BCUT2D eigenvalue weighted by Crippen LogP contribution is -2.32. The quantitative estimate of drug-likeness (QED) is 0.849. The Morgan fingerprint density at radius 1 is 1.09 bits per heavy atom. The number of benzene rings is 2. The fourth-order valence-corrected chi connectivity index (χ4v) is 3.85. The Kier molecular flexibility index (Phi) is 5.46. The van der Waals surface area contributed by atoms with Crippen molar-refractivity contribution in [2.75, 3.05) is 13.1 Å². The van der Waals surface area contributed by atoms with Crippen molar-refractivity contribution in [2.45, 2.75) is 31.9 Å². The summed E-state index contributed by atoms with van der Waals surface area (Å²) in [5.41, 5.74) is 3.46. The monoisotopic (exact) mass is 377 g/mol. The Hall–Kier alpha value is -1.23. The summed E-state index contributed by atoms with van der Waals surface area (Å²) in [6.07, 6.45) is 2.19. The maximum absolute atomic E-state index is 13.2. The Bertz CT molecular complexity index is 668. The van der Waals surface area contributed by atoms with E-state index in [9.17, 15) is 9.50 Å². The highest BCUT2D eigenvalue weighted by atomic mass is 79.9. The molecule has 2 aromatic rings. The number of rotatable bonds is 4. The molecule has 0 unspecified atom stereocenters. The molecule has 122 valence electrons. The van der Waals surface area contributed by atoms with Gasteiger partial charge in [-0.15, -0.1) is 0 Å². The second-order valence-electron chi connectivity index (χ2n) is 6.14. The summed E-state index contributed by atoms with van der Waals surface area (Å²) in [5, 5.41) is 9.50. The van der Waals surface area contributed by atoms with Gasteiger partial charge in [-0.2, -0.15) is 0 Å². The second kappa shape index (κ2) is 7.56. The first-order valence-electron chi connectivity index (χ1n) is 8.02. The largest absolute Gasteiger partial charge is 0.392 e. The Morgan fingerprint density at radius 3 is 2.52 bits per heavy atom. The summed E-state index contributed by atoms with van der Waals surface area (Å²) in [6, 6.07) is 13.1. The lowest BCUT2D eigenvalue weighted by atomic mass is 9.86. The van der Waals surface area contributed by atoms with Gasteiger partial charge in [0, 0.05) is 11.0 Å². The smallest absolute Gasteiger partial charge is 0.124 e. The Morgan fingerprint density at radius 2 is 1.83 bits per heavy atom. The average molecular weight is 378 g/mol. The summed E-state index contributed by atoms with van der Waals surface area (Å²) >= 11 is 3.45. The van der Waals surface area contributed by atoms with Crippen molar-refractivity contribution in [1.82, 2.24) is 4.90 Å². The summed E-state index contributed by atoms with van der Waals surface area (Å²) in [6.45, 7) is 3.00. The molecule has 1 fully saturated rings. The van der Waals surface area contributed by atoms with Crippen LogP contribution in [-0.2, 0) is 13.2 Å². The Balaban J connectivity index is 1.62. The zero-order valence-corrected chi connectivity index (χ0v) is 14.6. The number of halogens is 2. The van der Waals surface area contributed by atoms with Crippen molar-refractivity contribution in [3.63, 3.8) is 0 Å². The van der Waals surface area contributed by atoms with Crippen molar-refractivity contribution in [2.24, 2.45) is 0 Å². The summed E-state index contributed by atoms with van der Waals surface area (Å²) in [7, 11) is 0. The SMILES string of the molecule is OCc1ccccc1C1CCN(Cc2ccc(F)cc2Br)CC1. The third-order valence-corrected chi connectivity index (χ3v) is 5.40. The lowest BCUT2D eigenvalue weighted by molar-refractivity contribution is 0.202. The topological polar surface area (TPSA) is 23.5 Å². The third-order valence-electron chi connectivity index (χ3n) is 4.66. The fourth-order valence-electron chi connectivity index (χ4n) is 3.37. The van der Waals surface area contributed by atoms with Crippen LogP contribution in [0, 0.1) is 5.82 Å². The van der Waals surface area contributed by atoms with E-state index in [2.05, 4.69) is 33.0 Å². The maximum atomic E-state index is 13.2. The van der Waals surface area contributed by atoms with E-state index in [4.69, 9.17) is 0 Å². The number of hydrogen-bond donors (Lipinski definition) is 1. The highest BCUT2D eigenvalue weighted by Gasteiger charge is 2.22. The molecule has 3 rings (SSSR count). The molecule has 0 atom stereocenters. The predicted molar refractivity (Wildman–Crippen MR) is 93.7 cm³/mol. The molecule has 23 heavy (non-hydrogen) atoms. The van der Waals surface area contributed by atoms with Crippen LogP contribution in [0.3, 0.4) is 0 Å². The molecule has 1 saturated heterocycles. The molecule has 0 bridgehead atoms. The number of hydrogen-bond acceptors (Lipinski definition) is 2. The van der Waals surface area contributed by atoms with E-state index in [0.717, 1.165) is 48.1 Å². The molecule has 1 aliphatic heterocycles. The minimum absolute atomic E-state index is 0.110. The van der Waals surface area contributed by atoms with Crippen LogP contribution in [0.4, 0.5) is 4.39 Å². The van der Waals surface area contributed by atoms with Gasteiger partial charge in [0.05, 0.1) is 6.61 Å². The van der Waals surface area contributed by atoms with E-state index in [1.807, 2.05) is 18.2 Å². The minimum atomic E-state index is -0.208. The van der Waals surface area contributed by atoms with Crippen LogP contribution < -0.4 is 0 Å². The highest BCUT2D eigenvalue weighted by molar-refractivity contribution is 9.10. The molecule has 1 aliphatic rings. The van der Waals surface area contributed by atoms with E-state index < -0.39 is 0 Å². The molecular formula is C19H21BrFNO. The molecule has 1 N–H and O–H groups in total. The van der Waals surface area contributed by atoms with Crippen LogP contribution >= 0.6 is 15.9 Å². The van der Waals surface area contributed by atoms with Crippen LogP contribution in [0.25, 0.3) is 0 Å². The predicted octanol–water partition coefficient (Wildman–Crippen LogP) is 4.46. The minimum Gasteiger partial charge on any atom is -0.392 e. The van der Waals surface area contributed by atoms with Gasteiger partial charge < -0.3 is 5.11 Å². The maximum Gasteiger partial charge on any atom is 0.124 e. The third kappa shape index (κ3) is 4.00. The van der Waals surface area contributed by atoms with Gasteiger partial charge in [0.2, 0.25) is 0 Å². The summed E-state index contributed by atoms with van der Waals surface area (Å²) in [4.78, 5) is 2.41. The zero-order chi connectivity index (χ0) is 16.2. The fraction of sp³-hybridized carbons (Fsp3) is 0.368. The van der Waals surface area contributed by atoms with Crippen LogP contribution in [-0.4, -0.2) is 23.1 Å². The van der Waals surface area contributed by atoms with Gasteiger partial charge in [-0.25, -0.2) is 4.39 Å². The molecule has 1 heterocycles. The first-order chi connectivity index (χ1) is 11.2. The van der Waals surface area contributed by atoms with E-state index in [-0.39, 0.29) is 12.4 Å². The summed E-state index contributed by atoms with van der Waals surface area (Å²) < 4.78 is 14.0. The van der Waals surface area contributed by atoms with E-state index >= 15 is 0 Å². The van der Waals surface area contributed by atoms with Gasteiger partial charge >= 0.3 is 0 Å². The van der Waals surface area contributed by atoms with Crippen LogP contribution in [0.15, 0.2) is 46.9 Å². The van der Waals surface area contributed by atoms with Gasteiger partial charge in [-0.05, 0) is 60.7 Å². The van der Waals surface area contributed by atoms with Crippen LogP contribution in [0.1, 0.15) is 35.4 Å². The first-order valence-corrected chi connectivity index (χ1v) is 8.81. The molecule has 2 nitrogen and oxygen atoms in total. The van der Waals surface area contributed by atoms with Crippen molar-refractivity contribution in [1.29, 1.82) is 0 Å². The molecule has 0 radical (unpaired) electrons. The first kappa shape index (κ1) is 16.6. The van der Waals surface area contributed by atoms with Crippen LogP contribution in [0.2, 0.25) is 0 Å².